The van der Waals surface area contributed by atoms with E-state index in [9.17, 15) is 19.4 Å². The number of quaternary nitrogens is 1. The molecule has 0 bridgehead atoms. The number of rotatable bonds is 62. The lowest BCUT2D eigenvalue weighted by molar-refractivity contribution is -0.870. The molecular weight excluding hydrogens is 948 g/mol. The molecule has 0 saturated carbocycles. The Morgan fingerprint density at radius 3 is 1.09 bits per heavy atom. The first-order valence-corrected chi connectivity index (χ1v) is 34.7. The van der Waals surface area contributed by atoms with Gasteiger partial charge in [-0.1, -0.05) is 314 Å². The summed E-state index contributed by atoms with van der Waals surface area (Å²) in [5.41, 5.74) is 0. The Bertz CT molecular complexity index is 1270. The van der Waals surface area contributed by atoms with Crippen LogP contribution < -0.4 is 5.32 Å². The molecule has 1 amide bonds. The number of nitrogens with zero attached hydrogens (tertiary/aromatic N) is 1. The van der Waals surface area contributed by atoms with Gasteiger partial charge in [0.15, 0.2) is 0 Å². The average Bonchev–Trinajstić information content (AvgIpc) is 3.37. The van der Waals surface area contributed by atoms with E-state index in [2.05, 4.69) is 43.5 Å². The van der Waals surface area contributed by atoms with E-state index >= 15 is 0 Å². The van der Waals surface area contributed by atoms with E-state index in [4.69, 9.17) is 9.05 Å². The van der Waals surface area contributed by atoms with Crippen molar-refractivity contribution in [3.8, 4) is 0 Å². The van der Waals surface area contributed by atoms with Crippen molar-refractivity contribution in [2.24, 2.45) is 0 Å². The molecule has 0 aromatic rings. The Morgan fingerprint density at radius 2 is 0.760 bits per heavy atom. The number of carbonyl (C=O) groups is 1. The number of likely N-dealkylation sites (N-methyl/N-ethyl adjacent to an activating group) is 1. The van der Waals surface area contributed by atoms with Gasteiger partial charge in [0.25, 0.3) is 0 Å². The van der Waals surface area contributed by atoms with Crippen molar-refractivity contribution in [1.82, 2.24) is 5.32 Å². The van der Waals surface area contributed by atoms with Crippen LogP contribution in [0.15, 0.2) is 24.3 Å². The molecule has 0 rings (SSSR count). The first-order valence-electron chi connectivity index (χ1n) is 33.2. The highest BCUT2D eigenvalue weighted by Crippen LogP contribution is 2.43. The molecule has 0 radical (unpaired) electrons. The van der Waals surface area contributed by atoms with Crippen molar-refractivity contribution >= 4 is 13.7 Å². The summed E-state index contributed by atoms with van der Waals surface area (Å²) < 4.78 is 23.8. The molecule has 0 heterocycles. The molecule has 75 heavy (non-hydrogen) atoms. The topological polar surface area (TPSA) is 105 Å². The Balaban J connectivity index is 3.97. The van der Waals surface area contributed by atoms with E-state index in [1.807, 2.05) is 21.1 Å². The van der Waals surface area contributed by atoms with E-state index in [-0.39, 0.29) is 19.1 Å². The maximum absolute atomic E-state index is 13.0. The summed E-state index contributed by atoms with van der Waals surface area (Å²) in [5.74, 6) is -0.138. The van der Waals surface area contributed by atoms with Crippen LogP contribution in [-0.2, 0) is 18.4 Å². The number of hydrogen-bond donors (Lipinski definition) is 3. The predicted molar refractivity (Wildman–Crippen MR) is 328 cm³/mol. The second-order valence-electron chi connectivity index (χ2n) is 24.2. The van der Waals surface area contributed by atoms with Crippen molar-refractivity contribution in [1.29, 1.82) is 0 Å². The molecule has 9 heteroatoms. The quantitative estimate of drug-likeness (QED) is 0.0243. The summed E-state index contributed by atoms with van der Waals surface area (Å²) >= 11 is 0. The third kappa shape index (κ3) is 60.5. The van der Waals surface area contributed by atoms with Gasteiger partial charge in [-0.15, -0.1) is 0 Å². The van der Waals surface area contributed by atoms with Crippen molar-refractivity contribution in [2.75, 3.05) is 40.9 Å². The van der Waals surface area contributed by atoms with Gasteiger partial charge >= 0.3 is 7.82 Å². The standard InChI is InChI=1S/C66H131N2O6P/c1-6-8-10-12-14-16-18-20-22-24-26-27-28-29-30-31-32-33-34-35-36-37-38-39-40-41-42-44-46-48-50-52-54-56-58-60-66(70)67-64(63-74-75(71,72)73-62-61-68(3,4)5)65(69)59-57-55-53-51-49-47-45-43-25-23-21-19-17-15-13-11-9-7-2/h28-29,31-32,64-65,69H,6-27,30,33-63H2,1-5H3,(H-,67,70,71,72)/p+1/b29-28-,32-31-. The molecule has 446 valence electrons. The summed E-state index contributed by atoms with van der Waals surface area (Å²) in [6, 6.07) is -0.759. The highest BCUT2D eigenvalue weighted by Gasteiger charge is 2.28. The van der Waals surface area contributed by atoms with Crippen molar-refractivity contribution in [2.45, 2.75) is 353 Å². The molecular formula is C66H132N2O6P+. The Kier molecular flexibility index (Phi) is 56.9. The van der Waals surface area contributed by atoms with Crippen molar-refractivity contribution < 1.29 is 32.9 Å². The predicted octanol–water partition coefficient (Wildman–Crippen LogP) is 20.7. The van der Waals surface area contributed by atoms with Gasteiger partial charge < -0.3 is 19.8 Å². The molecule has 3 unspecified atom stereocenters. The fourth-order valence-electron chi connectivity index (χ4n) is 10.3. The number of amides is 1. The van der Waals surface area contributed by atoms with Crippen LogP contribution in [0.1, 0.15) is 341 Å². The number of nitrogens with one attached hydrogen (secondary N) is 1. The zero-order chi connectivity index (χ0) is 54.9. The normalized spacial score (nSPS) is 13.9. The van der Waals surface area contributed by atoms with Crippen LogP contribution in [0.25, 0.3) is 0 Å². The number of hydrogen-bond acceptors (Lipinski definition) is 5. The van der Waals surface area contributed by atoms with Gasteiger partial charge in [-0.3, -0.25) is 13.8 Å². The molecule has 3 atom stereocenters. The molecule has 0 aliphatic rings. The van der Waals surface area contributed by atoms with Crippen molar-refractivity contribution in [3.63, 3.8) is 0 Å². The van der Waals surface area contributed by atoms with Gasteiger partial charge in [0.05, 0.1) is 39.9 Å². The van der Waals surface area contributed by atoms with Gasteiger partial charge in [0.1, 0.15) is 13.2 Å². The molecule has 0 aromatic heterocycles. The fourth-order valence-corrected chi connectivity index (χ4v) is 11.0. The summed E-state index contributed by atoms with van der Waals surface area (Å²) in [6.45, 7) is 4.94. The zero-order valence-corrected chi connectivity index (χ0v) is 52.0. The second-order valence-corrected chi connectivity index (χ2v) is 25.7. The Hall–Kier alpha value is -1.02. The van der Waals surface area contributed by atoms with Crippen LogP contribution in [0, 0.1) is 0 Å². The van der Waals surface area contributed by atoms with Crippen LogP contribution in [0.5, 0.6) is 0 Å². The van der Waals surface area contributed by atoms with E-state index in [1.165, 1.54) is 270 Å². The number of allylic oxidation sites excluding steroid dienone is 4. The Morgan fingerprint density at radius 1 is 0.453 bits per heavy atom. The Labute approximate surface area is 468 Å². The molecule has 0 spiro atoms. The average molecular weight is 1080 g/mol. The number of phosphoric acid groups is 1. The highest BCUT2D eigenvalue weighted by molar-refractivity contribution is 7.47. The lowest BCUT2D eigenvalue weighted by Gasteiger charge is -2.26. The van der Waals surface area contributed by atoms with E-state index < -0.39 is 20.0 Å². The van der Waals surface area contributed by atoms with Gasteiger partial charge in [0.2, 0.25) is 5.91 Å². The highest BCUT2D eigenvalue weighted by atomic mass is 31.2. The maximum Gasteiger partial charge on any atom is 0.472 e. The third-order valence-electron chi connectivity index (χ3n) is 15.5. The molecule has 0 fully saturated rings. The number of aliphatic hydroxyl groups is 1. The number of unbranched alkanes of at least 4 members (excludes halogenated alkanes) is 45. The van der Waals surface area contributed by atoms with Crippen LogP contribution >= 0.6 is 7.82 Å². The zero-order valence-electron chi connectivity index (χ0n) is 51.1. The molecule has 0 aliphatic carbocycles. The van der Waals surface area contributed by atoms with Gasteiger partial charge in [0, 0.05) is 6.42 Å². The third-order valence-corrected chi connectivity index (χ3v) is 16.4. The SMILES string of the molecule is CCCCCCCCCCCCC/C=C\C/C=C\CCCCCCCCCCCCCCCCCCCC(=O)NC(COP(=O)(O)OCC[N+](C)(C)C)C(O)CCCCCCCCCCCCCCCCCCCC. The lowest BCUT2D eigenvalue weighted by atomic mass is 10.0. The molecule has 3 N–H and O–H groups in total. The summed E-state index contributed by atoms with van der Waals surface area (Å²) in [7, 11) is 1.63. The number of carbonyl (C=O) groups excluding carboxylic acids is 1. The summed E-state index contributed by atoms with van der Waals surface area (Å²) in [5, 5.41) is 14.1. The number of phosphoric ester groups is 1. The lowest BCUT2D eigenvalue weighted by Crippen LogP contribution is -2.46. The van der Waals surface area contributed by atoms with Gasteiger partial charge in [-0.05, 0) is 44.9 Å². The molecule has 0 aliphatic heterocycles. The van der Waals surface area contributed by atoms with E-state index in [0.29, 0.717) is 23.9 Å². The van der Waals surface area contributed by atoms with Gasteiger partial charge in [-0.25, -0.2) is 4.57 Å². The minimum atomic E-state index is -4.32. The molecule has 0 aromatic carbocycles. The smallest absolute Gasteiger partial charge is 0.391 e. The van der Waals surface area contributed by atoms with Crippen LogP contribution in [-0.4, -0.2) is 73.4 Å². The first-order chi connectivity index (χ1) is 36.5. The molecule has 0 saturated heterocycles. The maximum atomic E-state index is 13.0. The first kappa shape index (κ1) is 74.0. The minimum Gasteiger partial charge on any atom is -0.391 e. The summed E-state index contributed by atoms with van der Waals surface area (Å²) in [6.07, 6.45) is 74.1. The monoisotopic (exact) mass is 1080 g/mol. The number of aliphatic hydroxyl groups excluding tert-OH is 1. The van der Waals surface area contributed by atoms with E-state index in [1.54, 1.807) is 0 Å². The van der Waals surface area contributed by atoms with Crippen LogP contribution in [0.4, 0.5) is 0 Å². The molecule has 8 nitrogen and oxygen atoms in total. The second kappa shape index (κ2) is 57.7. The van der Waals surface area contributed by atoms with Crippen LogP contribution in [0.3, 0.4) is 0 Å². The van der Waals surface area contributed by atoms with Crippen LogP contribution in [0.2, 0.25) is 0 Å². The summed E-state index contributed by atoms with van der Waals surface area (Å²) in [4.78, 5) is 23.4. The van der Waals surface area contributed by atoms with E-state index in [0.717, 1.165) is 44.9 Å². The minimum absolute atomic E-state index is 0.0770. The van der Waals surface area contributed by atoms with Crippen molar-refractivity contribution in [3.05, 3.63) is 24.3 Å². The van der Waals surface area contributed by atoms with Gasteiger partial charge in [-0.2, -0.15) is 0 Å². The largest absolute Gasteiger partial charge is 0.472 e. The fraction of sp³-hybridized carbons (Fsp3) is 0.924.